The zero-order valence-corrected chi connectivity index (χ0v) is 12.1. The molecule has 0 aliphatic rings. The van der Waals surface area contributed by atoms with Crippen molar-refractivity contribution < 1.29 is 4.79 Å². The van der Waals surface area contributed by atoms with Crippen molar-refractivity contribution in [2.24, 2.45) is 16.6 Å². The fraction of sp³-hybridized carbons (Fsp3) is 0.500. The maximum Gasteiger partial charge on any atom is 0.222 e. The topological polar surface area (TPSA) is 92.4 Å². The Balaban J connectivity index is 2.14. The van der Waals surface area contributed by atoms with Gasteiger partial charge in [0.25, 0.3) is 0 Å². The maximum atomic E-state index is 11.3. The van der Waals surface area contributed by atoms with Crippen LogP contribution in [-0.4, -0.2) is 36.5 Å². The largest absolute Gasteiger partial charge is 0.370 e. The highest BCUT2D eigenvalue weighted by Gasteiger charge is 2.04. The number of aromatic nitrogens is 1. The molecule has 20 heavy (non-hydrogen) atoms. The Morgan fingerprint density at radius 1 is 1.35 bits per heavy atom. The van der Waals surface area contributed by atoms with Gasteiger partial charge < -0.3 is 16.4 Å². The van der Waals surface area contributed by atoms with Crippen LogP contribution in [0.15, 0.2) is 29.4 Å². The number of pyridine rings is 1. The van der Waals surface area contributed by atoms with Crippen molar-refractivity contribution in [3.63, 3.8) is 0 Å². The highest BCUT2D eigenvalue weighted by atomic mass is 16.1. The van der Waals surface area contributed by atoms with Gasteiger partial charge in [0.1, 0.15) is 0 Å². The Kier molecular flexibility index (Phi) is 7.10. The van der Waals surface area contributed by atoms with E-state index in [-0.39, 0.29) is 11.8 Å². The number of carbonyl (C=O) groups is 1. The van der Waals surface area contributed by atoms with Gasteiger partial charge in [-0.15, -0.1) is 0 Å². The van der Waals surface area contributed by atoms with E-state index in [1.54, 1.807) is 6.20 Å². The molecule has 0 saturated heterocycles. The van der Waals surface area contributed by atoms with Gasteiger partial charge in [-0.2, -0.15) is 0 Å². The van der Waals surface area contributed by atoms with E-state index in [0.717, 1.165) is 12.1 Å². The number of hydrogen-bond acceptors (Lipinski definition) is 3. The Labute approximate surface area is 119 Å². The molecule has 1 amide bonds. The van der Waals surface area contributed by atoms with Gasteiger partial charge in [0, 0.05) is 43.9 Å². The number of nitrogens with zero attached hydrogens (tertiary/aromatic N) is 2. The van der Waals surface area contributed by atoms with Crippen molar-refractivity contribution in [1.29, 1.82) is 0 Å². The molecular weight excluding hydrogens is 254 g/mol. The van der Waals surface area contributed by atoms with Gasteiger partial charge in [-0.05, 0) is 12.1 Å². The zero-order chi connectivity index (χ0) is 14.8. The van der Waals surface area contributed by atoms with E-state index in [0.29, 0.717) is 25.6 Å². The van der Waals surface area contributed by atoms with Crippen molar-refractivity contribution >= 4 is 11.9 Å². The molecule has 0 spiro atoms. The van der Waals surface area contributed by atoms with E-state index >= 15 is 0 Å². The molecule has 0 aromatic carbocycles. The van der Waals surface area contributed by atoms with Crippen molar-refractivity contribution in [2.45, 2.75) is 20.3 Å². The SMILES string of the molecule is CC(C)C(=O)NCCNC(N)=NCCc1ccccn1. The average molecular weight is 277 g/mol. The standard InChI is InChI=1S/C14H23N5O/c1-11(2)13(20)17-9-10-19-14(15)18-8-6-12-5-3-4-7-16-12/h3-5,7,11H,6,8-10H2,1-2H3,(H,17,20)(H3,15,18,19). The molecule has 1 aromatic rings. The van der Waals surface area contributed by atoms with E-state index in [1.165, 1.54) is 0 Å². The van der Waals surface area contributed by atoms with Crippen molar-refractivity contribution in [3.8, 4) is 0 Å². The summed E-state index contributed by atoms with van der Waals surface area (Å²) in [5, 5.41) is 5.75. The predicted octanol–water partition coefficient (Wildman–Crippen LogP) is 0.301. The first-order valence-electron chi connectivity index (χ1n) is 6.81. The minimum absolute atomic E-state index is 0.000568. The third-order valence-corrected chi connectivity index (χ3v) is 2.63. The molecule has 1 aromatic heterocycles. The highest BCUT2D eigenvalue weighted by molar-refractivity contribution is 5.79. The maximum absolute atomic E-state index is 11.3. The number of amides is 1. The lowest BCUT2D eigenvalue weighted by Crippen LogP contribution is -2.39. The molecule has 6 nitrogen and oxygen atoms in total. The number of nitrogens with one attached hydrogen (secondary N) is 2. The second-order valence-corrected chi connectivity index (χ2v) is 4.71. The third kappa shape index (κ3) is 6.72. The number of rotatable bonds is 7. The smallest absolute Gasteiger partial charge is 0.222 e. The fourth-order valence-electron chi connectivity index (χ4n) is 1.47. The minimum atomic E-state index is -0.000568. The molecule has 0 saturated carbocycles. The monoisotopic (exact) mass is 277 g/mol. The Bertz CT molecular complexity index is 430. The molecule has 0 radical (unpaired) electrons. The predicted molar refractivity (Wildman–Crippen MR) is 80.3 cm³/mol. The van der Waals surface area contributed by atoms with Crippen LogP contribution in [0.4, 0.5) is 0 Å². The first-order chi connectivity index (χ1) is 9.59. The molecule has 0 aliphatic carbocycles. The van der Waals surface area contributed by atoms with Crippen LogP contribution in [0.2, 0.25) is 0 Å². The summed E-state index contributed by atoms with van der Waals surface area (Å²) in [6, 6.07) is 5.79. The quantitative estimate of drug-likeness (QED) is 0.380. The number of guanidine groups is 1. The molecule has 0 unspecified atom stereocenters. The molecule has 0 fully saturated rings. The van der Waals surface area contributed by atoms with Crippen molar-refractivity contribution in [2.75, 3.05) is 19.6 Å². The van der Waals surface area contributed by atoms with Gasteiger partial charge in [-0.3, -0.25) is 14.8 Å². The van der Waals surface area contributed by atoms with Gasteiger partial charge >= 0.3 is 0 Å². The second kappa shape index (κ2) is 8.90. The summed E-state index contributed by atoms with van der Waals surface area (Å²) in [5.41, 5.74) is 6.71. The summed E-state index contributed by atoms with van der Waals surface area (Å²) >= 11 is 0. The van der Waals surface area contributed by atoms with E-state index in [2.05, 4.69) is 20.6 Å². The molecule has 1 heterocycles. The Hall–Kier alpha value is -2.11. The molecule has 1 rings (SSSR count). The lowest BCUT2D eigenvalue weighted by Gasteiger charge is -2.09. The number of nitrogens with two attached hydrogens (primary N) is 1. The molecular formula is C14H23N5O. The van der Waals surface area contributed by atoms with Crippen LogP contribution in [0.3, 0.4) is 0 Å². The van der Waals surface area contributed by atoms with Gasteiger partial charge in [0.15, 0.2) is 5.96 Å². The zero-order valence-electron chi connectivity index (χ0n) is 12.1. The molecule has 0 bridgehead atoms. The summed E-state index contributed by atoms with van der Waals surface area (Å²) in [6.45, 7) is 5.41. The Morgan fingerprint density at radius 2 is 2.10 bits per heavy atom. The molecule has 6 heteroatoms. The van der Waals surface area contributed by atoms with Gasteiger partial charge in [-0.1, -0.05) is 19.9 Å². The molecule has 0 atom stereocenters. The summed E-state index contributed by atoms with van der Waals surface area (Å²) in [6.07, 6.45) is 2.52. The average Bonchev–Trinajstić information content (AvgIpc) is 2.44. The van der Waals surface area contributed by atoms with Gasteiger partial charge in [0.2, 0.25) is 5.91 Å². The highest BCUT2D eigenvalue weighted by Crippen LogP contribution is 1.94. The second-order valence-electron chi connectivity index (χ2n) is 4.71. The normalized spacial score (nSPS) is 11.4. The minimum Gasteiger partial charge on any atom is -0.370 e. The van der Waals surface area contributed by atoms with Crippen LogP contribution in [0.25, 0.3) is 0 Å². The van der Waals surface area contributed by atoms with Crippen LogP contribution >= 0.6 is 0 Å². The van der Waals surface area contributed by atoms with E-state index in [9.17, 15) is 4.79 Å². The number of carbonyl (C=O) groups excluding carboxylic acids is 1. The summed E-state index contributed by atoms with van der Waals surface area (Å²) < 4.78 is 0. The summed E-state index contributed by atoms with van der Waals surface area (Å²) in [4.78, 5) is 19.7. The van der Waals surface area contributed by atoms with Crippen molar-refractivity contribution in [1.82, 2.24) is 15.6 Å². The number of aliphatic imine (C=N–C) groups is 1. The van der Waals surface area contributed by atoms with E-state index in [4.69, 9.17) is 5.73 Å². The lowest BCUT2D eigenvalue weighted by atomic mass is 10.2. The molecule has 110 valence electrons. The van der Waals surface area contributed by atoms with Crippen LogP contribution < -0.4 is 16.4 Å². The van der Waals surface area contributed by atoms with Crippen molar-refractivity contribution in [3.05, 3.63) is 30.1 Å². The van der Waals surface area contributed by atoms with E-state index < -0.39 is 0 Å². The first-order valence-corrected chi connectivity index (χ1v) is 6.81. The summed E-state index contributed by atoms with van der Waals surface area (Å²) in [5.74, 6) is 0.427. The van der Waals surface area contributed by atoms with E-state index in [1.807, 2.05) is 32.0 Å². The van der Waals surface area contributed by atoms with Gasteiger partial charge in [-0.25, -0.2) is 0 Å². The molecule has 4 N–H and O–H groups in total. The third-order valence-electron chi connectivity index (χ3n) is 2.63. The summed E-state index contributed by atoms with van der Waals surface area (Å²) in [7, 11) is 0. The van der Waals surface area contributed by atoms with Crippen LogP contribution in [0.1, 0.15) is 19.5 Å². The number of hydrogen-bond donors (Lipinski definition) is 3. The van der Waals surface area contributed by atoms with Gasteiger partial charge in [0.05, 0.1) is 0 Å². The first kappa shape index (κ1) is 15.9. The van der Waals surface area contributed by atoms with Crippen LogP contribution in [0.5, 0.6) is 0 Å². The van der Waals surface area contributed by atoms with Crippen LogP contribution in [-0.2, 0) is 11.2 Å². The Morgan fingerprint density at radius 3 is 2.75 bits per heavy atom. The fourth-order valence-corrected chi connectivity index (χ4v) is 1.47. The van der Waals surface area contributed by atoms with Crippen LogP contribution in [0, 0.1) is 5.92 Å². The lowest BCUT2D eigenvalue weighted by molar-refractivity contribution is -0.123. The molecule has 0 aliphatic heterocycles.